The van der Waals surface area contributed by atoms with Crippen molar-refractivity contribution in [1.29, 1.82) is 0 Å². The van der Waals surface area contributed by atoms with Crippen molar-refractivity contribution in [2.24, 2.45) is 0 Å². The summed E-state index contributed by atoms with van der Waals surface area (Å²) in [5, 5.41) is 0. The van der Waals surface area contributed by atoms with Crippen LogP contribution in [0.1, 0.15) is 18.6 Å². The van der Waals surface area contributed by atoms with E-state index in [4.69, 9.17) is 8.92 Å². The van der Waals surface area contributed by atoms with Crippen molar-refractivity contribution >= 4 is 10.1 Å². The molecular formula is C9H13NO4S. The molecule has 0 aliphatic carbocycles. The molecule has 0 amide bonds. The zero-order valence-electron chi connectivity index (χ0n) is 8.80. The van der Waals surface area contributed by atoms with Gasteiger partial charge in [0.2, 0.25) is 5.88 Å². The van der Waals surface area contributed by atoms with E-state index in [0.29, 0.717) is 11.4 Å². The average Bonchev–Trinajstić information content (AvgIpc) is 2.15. The van der Waals surface area contributed by atoms with Crippen LogP contribution in [0.5, 0.6) is 5.88 Å². The lowest BCUT2D eigenvalue weighted by molar-refractivity contribution is 0.236. The first kappa shape index (κ1) is 11.9. The summed E-state index contributed by atoms with van der Waals surface area (Å²) in [5.74, 6) is 0.477. The van der Waals surface area contributed by atoms with Crippen molar-refractivity contribution < 1.29 is 17.3 Å². The third kappa shape index (κ3) is 3.85. The second-order valence-electron chi connectivity index (χ2n) is 3.08. The molecule has 0 bridgehead atoms. The summed E-state index contributed by atoms with van der Waals surface area (Å²) in [6.45, 7) is 1.64. The van der Waals surface area contributed by atoms with Crippen LogP contribution in [0.2, 0.25) is 0 Å². The first-order valence-electron chi connectivity index (χ1n) is 4.30. The van der Waals surface area contributed by atoms with Crippen LogP contribution in [0, 0.1) is 0 Å². The summed E-state index contributed by atoms with van der Waals surface area (Å²) in [7, 11) is -1.93. The van der Waals surface area contributed by atoms with Crippen LogP contribution in [-0.4, -0.2) is 26.8 Å². The highest BCUT2D eigenvalue weighted by Gasteiger charge is 2.12. The van der Waals surface area contributed by atoms with E-state index < -0.39 is 16.2 Å². The molecule has 1 aromatic rings. The molecule has 1 rings (SSSR count). The van der Waals surface area contributed by atoms with Gasteiger partial charge >= 0.3 is 0 Å². The smallest absolute Gasteiger partial charge is 0.264 e. The van der Waals surface area contributed by atoms with Gasteiger partial charge in [-0.3, -0.25) is 4.18 Å². The average molecular weight is 231 g/mol. The summed E-state index contributed by atoms with van der Waals surface area (Å²) >= 11 is 0. The lowest BCUT2D eigenvalue weighted by Crippen LogP contribution is -2.07. The maximum absolute atomic E-state index is 10.9. The van der Waals surface area contributed by atoms with Crippen molar-refractivity contribution in [1.82, 2.24) is 4.98 Å². The molecule has 0 saturated carbocycles. The fraction of sp³-hybridized carbons (Fsp3) is 0.444. The Morgan fingerprint density at radius 1 is 1.40 bits per heavy atom. The molecule has 0 N–H and O–H groups in total. The predicted octanol–water partition coefficient (Wildman–Crippen LogP) is 1.13. The van der Waals surface area contributed by atoms with E-state index in [1.165, 1.54) is 13.3 Å². The molecule has 0 aromatic carbocycles. The summed E-state index contributed by atoms with van der Waals surface area (Å²) in [4.78, 5) is 3.95. The van der Waals surface area contributed by atoms with Crippen molar-refractivity contribution in [2.75, 3.05) is 13.4 Å². The number of hydrogen-bond acceptors (Lipinski definition) is 5. The Kier molecular flexibility index (Phi) is 3.65. The lowest BCUT2D eigenvalue weighted by Gasteiger charge is -2.10. The van der Waals surface area contributed by atoms with Gasteiger partial charge in [-0.1, -0.05) is 0 Å². The Bertz CT molecular complexity index is 412. The second kappa shape index (κ2) is 4.59. The summed E-state index contributed by atoms with van der Waals surface area (Å²) in [6.07, 6.45) is 1.99. The Labute approximate surface area is 89.2 Å². The first-order chi connectivity index (χ1) is 6.92. The Morgan fingerprint density at radius 2 is 2.07 bits per heavy atom. The number of ether oxygens (including phenoxy) is 1. The third-order valence-electron chi connectivity index (χ3n) is 1.76. The highest BCUT2D eigenvalue weighted by molar-refractivity contribution is 7.86. The van der Waals surface area contributed by atoms with Gasteiger partial charge in [0.15, 0.2) is 0 Å². The summed E-state index contributed by atoms with van der Waals surface area (Å²) in [5.41, 5.74) is 0.682. The minimum atomic E-state index is -3.45. The van der Waals surface area contributed by atoms with Gasteiger partial charge < -0.3 is 4.74 Å². The molecule has 0 radical (unpaired) electrons. The number of hydrogen-bond donors (Lipinski definition) is 0. The zero-order valence-corrected chi connectivity index (χ0v) is 9.61. The molecule has 0 saturated heterocycles. The maximum atomic E-state index is 10.9. The van der Waals surface area contributed by atoms with E-state index >= 15 is 0 Å². The van der Waals surface area contributed by atoms with Crippen LogP contribution in [0.4, 0.5) is 0 Å². The van der Waals surface area contributed by atoms with Crippen LogP contribution in [0.15, 0.2) is 18.3 Å². The van der Waals surface area contributed by atoms with Gasteiger partial charge in [0.25, 0.3) is 10.1 Å². The molecule has 15 heavy (non-hydrogen) atoms. The van der Waals surface area contributed by atoms with Gasteiger partial charge in [-0.25, -0.2) is 4.98 Å². The van der Waals surface area contributed by atoms with Crippen LogP contribution in [0.25, 0.3) is 0 Å². The maximum Gasteiger partial charge on any atom is 0.264 e. The number of pyridine rings is 1. The number of nitrogens with zero attached hydrogens (tertiary/aromatic N) is 1. The number of methoxy groups -OCH3 is 1. The van der Waals surface area contributed by atoms with Crippen LogP contribution < -0.4 is 4.74 Å². The number of aromatic nitrogens is 1. The van der Waals surface area contributed by atoms with Crippen molar-refractivity contribution in [3.05, 3.63) is 23.9 Å². The fourth-order valence-corrected chi connectivity index (χ4v) is 1.71. The minimum Gasteiger partial charge on any atom is -0.481 e. The largest absolute Gasteiger partial charge is 0.481 e. The van der Waals surface area contributed by atoms with E-state index in [1.54, 1.807) is 19.1 Å². The molecule has 1 heterocycles. The zero-order chi connectivity index (χ0) is 11.5. The molecule has 6 heteroatoms. The topological polar surface area (TPSA) is 65.5 Å². The Morgan fingerprint density at radius 3 is 2.47 bits per heavy atom. The molecule has 0 spiro atoms. The highest BCUT2D eigenvalue weighted by Crippen LogP contribution is 2.19. The Balaban J connectivity index is 2.78. The Hall–Kier alpha value is -1.14. The third-order valence-corrected chi connectivity index (χ3v) is 2.40. The van der Waals surface area contributed by atoms with Gasteiger partial charge in [0.05, 0.1) is 13.4 Å². The van der Waals surface area contributed by atoms with E-state index in [1.807, 2.05) is 0 Å². The molecule has 0 aliphatic rings. The number of rotatable bonds is 4. The summed E-state index contributed by atoms with van der Waals surface area (Å²) in [6, 6.07) is 3.36. The van der Waals surface area contributed by atoms with Crippen LogP contribution in [-0.2, 0) is 14.3 Å². The molecule has 0 aliphatic heterocycles. The van der Waals surface area contributed by atoms with E-state index in [9.17, 15) is 8.42 Å². The standard InChI is InChI=1S/C9H13NO4S/c1-7(14-15(3,11)12)8-4-5-9(13-2)10-6-8/h4-7H,1-3H3. The van der Waals surface area contributed by atoms with Crippen LogP contribution >= 0.6 is 0 Å². The van der Waals surface area contributed by atoms with Crippen LogP contribution in [0.3, 0.4) is 0 Å². The van der Waals surface area contributed by atoms with Crippen molar-refractivity contribution in [3.63, 3.8) is 0 Å². The molecule has 84 valence electrons. The van der Waals surface area contributed by atoms with E-state index in [-0.39, 0.29) is 0 Å². The highest BCUT2D eigenvalue weighted by atomic mass is 32.2. The van der Waals surface area contributed by atoms with Crippen molar-refractivity contribution in [2.45, 2.75) is 13.0 Å². The summed E-state index contributed by atoms with van der Waals surface area (Å²) < 4.78 is 31.4. The van der Waals surface area contributed by atoms with Crippen molar-refractivity contribution in [3.8, 4) is 5.88 Å². The monoisotopic (exact) mass is 231 g/mol. The van der Waals surface area contributed by atoms with Gasteiger partial charge in [-0.05, 0) is 13.0 Å². The molecular weight excluding hydrogens is 218 g/mol. The fourth-order valence-electron chi connectivity index (χ4n) is 1.07. The minimum absolute atomic E-state index is 0.477. The molecule has 0 fully saturated rings. The lowest BCUT2D eigenvalue weighted by atomic mass is 10.2. The normalized spacial score (nSPS) is 13.5. The molecule has 1 aromatic heterocycles. The quantitative estimate of drug-likeness (QED) is 0.727. The van der Waals surface area contributed by atoms with Gasteiger partial charge in [0, 0.05) is 17.8 Å². The first-order valence-corrected chi connectivity index (χ1v) is 6.12. The second-order valence-corrected chi connectivity index (χ2v) is 4.68. The van der Waals surface area contributed by atoms with Gasteiger partial charge in [0.1, 0.15) is 6.10 Å². The van der Waals surface area contributed by atoms with E-state index in [2.05, 4.69) is 4.98 Å². The van der Waals surface area contributed by atoms with Gasteiger partial charge in [-0.2, -0.15) is 8.42 Å². The van der Waals surface area contributed by atoms with Gasteiger partial charge in [-0.15, -0.1) is 0 Å². The molecule has 5 nitrogen and oxygen atoms in total. The SMILES string of the molecule is COc1ccc(C(C)OS(C)(=O)=O)cn1. The molecule has 1 unspecified atom stereocenters. The molecule has 1 atom stereocenters. The predicted molar refractivity (Wildman–Crippen MR) is 55.1 cm³/mol. The van der Waals surface area contributed by atoms with E-state index in [0.717, 1.165) is 6.26 Å².